The van der Waals surface area contributed by atoms with Crippen LogP contribution in [-0.2, 0) is 4.79 Å². The molecule has 0 aromatic heterocycles. The molecular formula is C14H20ClNO3. The highest BCUT2D eigenvalue weighted by atomic mass is 35.5. The van der Waals surface area contributed by atoms with Crippen molar-refractivity contribution in [2.24, 2.45) is 0 Å². The van der Waals surface area contributed by atoms with Crippen molar-refractivity contribution in [3.63, 3.8) is 0 Å². The molecule has 1 aromatic carbocycles. The van der Waals surface area contributed by atoms with E-state index < -0.39 is 0 Å². The van der Waals surface area contributed by atoms with Crippen LogP contribution in [0.15, 0.2) is 18.2 Å². The van der Waals surface area contributed by atoms with E-state index in [1.54, 1.807) is 12.1 Å². The summed E-state index contributed by atoms with van der Waals surface area (Å²) in [6.07, 6.45) is 0.867. The van der Waals surface area contributed by atoms with E-state index in [9.17, 15) is 9.90 Å². The first kappa shape index (κ1) is 15.8. The zero-order valence-corrected chi connectivity index (χ0v) is 12.0. The Morgan fingerprint density at radius 2 is 2.26 bits per heavy atom. The lowest BCUT2D eigenvalue weighted by atomic mass is 10.2. The Hall–Kier alpha value is -1.26. The fraction of sp³-hybridized carbons (Fsp3) is 0.500. The molecule has 5 heteroatoms. The molecule has 1 amide bonds. The van der Waals surface area contributed by atoms with Crippen molar-refractivity contribution >= 4 is 17.5 Å². The Balaban J connectivity index is 2.32. The Morgan fingerprint density at radius 1 is 1.53 bits per heavy atom. The molecule has 1 aromatic rings. The number of amides is 1. The van der Waals surface area contributed by atoms with Crippen molar-refractivity contribution in [2.75, 3.05) is 13.2 Å². The number of aliphatic hydroxyl groups is 1. The van der Waals surface area contributed by atoms with E-state index in [1.807, 2.05) is 19.9 Å². The topological polar surface area (TPSA) is 58.6 Å². The number of carbonyl (C=O) groups excluding carboxylic acids is 1. The van der Waals surface area contributed by atoms with E-state index >= 15 is 0 Å². The van der Waals surface area contributed by atoms with E-state index in [1.165, 1.54) is 0 Å². The van der Waals surface area contributed by atoms with Crippen LogP contribution in [-0.4, -0.2) is 30.3 Å². The smallest absolute Gasteiger partial charge is 0.257 e. The zero-order valence-electron chi connectivity index (χ0n) is 11.3. The summed E-state index contributed by atoms with van der Waals surface area (Å²) in [4.78, 5) is 11.5. The van der Waals surface area contributed by atoms with Gasteiger partial charge in [0.15, 0.2) is 6.61 Å². The van der Waals surface area contributed by atoms with Gasteiger partial charge in [-0.05, 0) is 37.5 Å². The zero-order chi connectivity index (χ0) is 14.3. The number of carbonyl (C=O) groups is 1. The van der Waals surface area contributed by atoms with Gasteiger partial charge in [0.25, 0.3) is 5.91 Å². The summed E-state index contributed by atoms with van der Waals surface area (Å²) in [7, 11) is 0. The highest BCUT2D eigenvalue weighted by molar-refractivity contribution is 6.32. The molecule has 0 fully saturated rings. The summed E-state index contributed by atoms with van der Waals surface area (Å²) >= 11 is 5.95. The summed E-state index contributed by atoms with van der Waals surface area (Å²) in [6.45, 7) is 4.19. The number of rotatable bonds is 7. The Kier molecular flexibility index (Phi) is 6.67. The predicted octanol–water partition coefficient (Wildman–Crippen LogP) is 2.30. The first-order valence-electron chi connectivity index (χ1n) is 6.36. The molecule has 1 rings (SSSR count). The number of ether oxygens (including phenoxy) is 1. The number of halogens is 1. The summed E-state index contributed by atoms with van der Waals surface area (Å²) in [5.41, 5.74) is 1.02. The van der Waals surface area contributed by atoms with Gasteiger partial charge in [-0.3, -0.25) is 4.79 Å². The molecule has 106 valence electrons. The van der Waals surface area contributed by atoms with Gasteiger partial charge in [0.05, 0.1) is 11.1 Å². The van der Waals surface area contributed by atoms with Gasteiger partial charge in [-0.15, -0.1) is 0 Å². The van der Waals surface area contributed by atoms with Crippen LogP contribution in [0.25, 0.3) is 0 Å². The highest BCUT2D eigenvalue weighted by Gasteiger charge is 2.07. The summed E-state index contributed by atoms with van der Waals surface area (Å²) < 4.78 is 5.36. The van der Waals surface area contributed by atoms with Gasteiger partial charge in [-0.2, -0.15) is 0 Å². The van der Waals surface area contributed by atoms with Crippen LogP contribution in [0.2, 0.25) is 5.02 Å². The number of hydrogen-bond acceptors (Lipinski definition) is 3. The minimum absolute atomic E-state index is 0.0780. The lowest BCUT2D eigenvalue weighted by Gasteiger charge is -2.11. The Morgan fingerprint density at radius 3 is 2.95 bits per heavy atom. The maximum atomic E-state index is 11.5. The minimum atomic E-state index is -0.368. The van der Waals surface area contributed by atoms with Crippen molar-refractivity contribution in [2.45, 2.75) is 32.8 Å². The molecule has 0 aliphatic heterocycles. The molecule has 1 atom stereocenters. The third kappa shape index (κ3) is 5.94. The summed E-state index contributed by atoms with van der Waals surface area (Å²) in [6, 6.07) is 5.40. The molecule has 0 bridgehead atoms. The fourth-order valence-electron chi connectivity index (χ4n) is 1.50. The van der Waals surface area contributed by atoms with E-state index in [0.717, 1.165) is 5.56 Å². The third-order valence-corrected chi connectivity index (χ3v) is 3.03. The number of aryl methyl sites for hydroxylation is 1. The molecule has 4 nitrogen and oxygen atoms in total. The van der Waals surface area contributed by atoms with Gasteiger partial charge in [-0.25, -0.2) is 0 Å². The van der Waals surface area contributed by atoms with Gasteiger partial charge in [0.1, 0.15) is 5.75 Å². The normalized spacial score (nSPS) is 12.0. The van der Waals surface area contributed by atoms with E-state index in [0.29, 0.717) is 30.2 Å². The average Bonchev–Trinajstić information content (AvgIpc) is 2.39. The standard InChI is InChI=1S/C14H20ClNO3/c1-3-11(17)6-7-16-14(18)9-19-13-8-10(2)4-5-12(13)15/h4-5,8,11,17H,3,6-7,9H2,1-2H3,(H,16,18). The van der Waals surface area contributed by atoms with Crippen LogP contribution >= 0.6 is 11.6 Å². The molecule has 2 N–H and O–H groups in total. The fourth-order valence-corrected chi connectivity index (χ4v) is 1.67. The largest absolute Gasteiger partial charge is 0.482 e. The lowest BCUT2D eigenvalue weighted by molar-refractivity contribution is -0.123. The Bertz CT molecular complexity index is 423. The minimum Gasteiger partial charge on any atom is -0.482 e. The molecular weight excluding hydrogens is 266 g/mol. The van der Waals surface area contributed by atoms with Gasteiger partial charge < -0.3 is 15.2 Å². The third-order valence-electron chi connectivity index (χ3n) is 2.72. The number of nitrogens with one attached hydrogen (secondary N) is 1. The molecule has 1 unspecified atom stereocenters. The van der Waals surface area contributed by atoms with Crippen molar-refractivity contribution in [3.8, 4) is 5.75 Å². The molecule has 0 saturated heterocycles. The van der Waals surface area contributed by atoms with E-state index in [-0.39, 0.29) is 18.6 Å². The quantitative estimate of drug-likeness (QED) is 0.808. The first-order chi connectivity index (χ1) is 9.02. The van der Waals surface area contributed by atoms with Gasteiger partial charge in [0, 0.05) is 6.54 Å². The lowest BCUT2D eigenvalue weighted by Crippen LogP contribution is -2.31. The van der Waals surface area contributed by atoms with E-state index in [2.05, 4.69) is 5.32 Å². The SMILES string of the molecule is CCC(O)CCNC(=O)COc1cc(C)ccc1Cl. The van der Waals surface area contributed by atoms with Crippen LogP contribution in [0.5, 0.6) is 5.75 Å². The van der Waals surface area contributed by atoms with Crippen molar-refractivity contribution in [1.29, 1.82) is 0 Å². The van der Waals surface area contributed by atoms with Crippen molar-refractivity contribution < 1.29 is 14.6 Å². The molecule has 19 heavy (non-hydrogen) atoms. The number of benzene rings is 1. The Labute approximate surface area is 118 Å². The summed E-state index contributed by atoms with van der Waals surface area (Å²) in [5, 5.41) is 12.5. The molecule has 0 saturated carbocycles. The monoisotopic (exact) mass is 285 g/mol. The molecule has 0 aliphatic rings. The second-order valence-electron chi connectivity index (χ2n) is 4.42. The molecule has 0 aliphatic carbocycles. The van der Waals surface area contributed by atoms with Gasteiger partial charge in [0.2, 0.25) is 0 Å². The maximum absolute atomic E-state index is 11.5. The van der Waals surface area contributed by atoms with Crippen LogP contribution in [0.1, 0.15) is 25.3 Å². The molecule has 0 spiro atoms. The van der Waals surface area contributed by atoms with Crippen LogP contribution < -0.4 is 10.1 Å². The van der Waals surface area contributed by atoms with Gasteiger partial charge in [-0.1, -0.05) is 24.6 Å². The number of hydrogen-bond donors (Lipinski definition) is 2. The first-order valence-corrected chi connectivity index (χ1v) is 6.74. The highest BCUT2D eigenvalue weighted by Crippen LogP contribution is 2.24. The molecule has 0 heterocycles. The second kappa shape index (κ2) is 8.02. The van der Waals surface area contributed by atoms with Crippen molar-refractivity contribution in [3.05, 3.63) is 28.8 Å². The predicted molar refractivity (Wildman–Crippen MR) is 75.6 cm³/mol. The second-order valence-corrected chi connectivity index (χ2v) is 4.83. The average molecular weight is 286 g/mol. The summed E-state index contributed by atoms with van der Waals surface area (Å²) in [5.74, 6) is 0.284. The van der Waals surface area contributed by atoms with Crippen molar-refractivity contribution in [1.82, 2.24) is 5.32 Å². The van der Waals surface area contributed by atoms with Gasteiger partial charge >= 0.3 is 0 Å². The molecule has 0 radical (unpaired) electrons. The number of aliphatic hydroxyl groups excluding tert-OH is 1. The van der Waals surface area contributed by atoms with Crippen LogP contribution in [0, 0.1) is 6.92 Å². The maximum Gasteiger partial charge on any atom is 0.257 e. The van der Waals surface area contributed by atoms with E-state index in [4.69, 9.17) is 16.3 Å². The van der Waals surface area contributed by atoms with Crippen LogP contribution in [0.3, 0.4) is 0 Å². The van der Waals surface area contributed by atoms with Crippen LogP contribution in [0.4, 0.5) is 0 Å².